The van der Waals surface area contributed by atoms with Crippen molar-refractivity contribution in [1.82, 2.24) is 35.0 Å². The first kappa shape index (κ1) is 21.7. The van der Waals surface area contributed by atoms with Crippen LogP contribution >= 0.6 is 12.2 Å². The van der Waals surface area contributed by atoms with Crippen molar-refractivity contribution in [2.75, 3.05) is 13.2 Å². The summed E-state index contributed by atoms with van der Waals surface area (Å²) >= 11 is 5.44. The molecule has 0 atom stereocenters. The zero-order valence-corrected chi connectivity index (χ0v) is 18.9. The predicted octanol–water partition coefficient (Wildman–Crippen LogP) is 3.68. The molecule has 0 aliphatic rings. The molecule has 0 aliphatic carbocycles. The summed E-state index contributed by atoms with van der Waals surface area (Å²) in [6.45, 7) is 6.11. The van der Waals surface area contributed by atoms with Gasteiger partial charge in [-0.1, -0.05) is 36.4 Å². The van der Waals surface area contributed by atoms with Crippen LogP contribution in [0.1, 0.15) is 25.2 Å². The normalized spacial score (nSPS) is 10.9. The number of hydrogen-bond acceptors (Lipinski definition) is 7. The minimum atomic E-state index is 0.362. The van der Waals surface area contributed by atoms with Gasteiger partial charge >= 0.3 is 0 Å². The van der Waals surface area contributed by atoms with E-state index in [0.29, 0.717) is 36.9 Å². The number of nitrogens with one attached hydrogen (secondary N) is 1. The Kier molecular flexibility index (Phi) is 6.90. The zero-order valence-electron chi connectivity index (χ0n) is 18.1. The number of H-pyrrole nitrogens is 1. The smallest absolute Gasteiger partial charge is 0.204 e. The van der Waals surface area contributed by atoms with Crippen molar-refractivity contribution in [3.05, 3.63) is 64.7 Å². The molecule has 0 aliphatic heterocycles. The molecule has 2 aromatic heterocycles. The Morgan fingerprint density at radius 1 is 1.00 bits per heavy atom. The maximum Gasteiger partial charge on any atom is 0.204 e. The Hall–Kier alpha value is -3.53. The van der Waals surface area contributed by atoms with E-state index in [2.05, 4.69) is 25.6 Å². The molecule has 0 spiro atoms. The van der Waals surface area contributed by atoms with Crippen LogP contribution in [0, 0.1) is 4.77 Å². The van der Waals surface area contributed by atoms with Crippen LogP contribution in [0.15, 0.2) is 48.5 Å². The highest BCUT2D eigenvalue weighted by Crippen LogP contribution is 2.29. The Morgan fingerprint density at radius 3 is 2.56 bits per heavy atom. The van der Waals surface area contributed by atoms with Gasteiger partial charge in [-0.25, -0.2) is 0 Å². The van der Waals surface area contributed by atoms with Gasteiger partial charge in [0.25, 0.3) is 0 Å². The minimum Gasteiger partial charge on any atom is -0.490 e. The Labute approximate surface area is 191 Å². The number of aryl methyl sites for hydroxylation is 1. The van der Waals surface area contributed by atoms with Gasteiger partial charge in [0.1, 0.15) is 6.54 Å². The van der Waals surface area contributed by atoms with Crippen molar-refractivity contribution in [2.24, 2.45) is 0 Å². The van der Waals surface area contributed by atoms with Crippen molar-refractivity contribution < 1.29 is 9.47 Å². The van der Waals surface area contributed by atoms with Crippen LogP contribution < -0.4 is 9.47 Å². The second kappa shape index (κ2) is 10.2. The van der Waals surface area contributed by atoms with Crippen molar-refractivity contribution >= 4 is 12.2 Å². The molecule has 0 unspecified atom stereocenters. The molecule has 0 bridgehead atoms. The number of aromatic nitrogens is 7. The molecule has 4 rings (SSSR count). The zero-order chi connectivity index (χ0) is 22.3. The Bertz CT molecular complexity index is 1220. The van der Waals surface area contributed by atoms with Crippen LogP contribution in [0.3, 0.4) is 0 Å². The molecule has 2 heterocycles. The SMILES string of the molecule is CCOc1ccc(CCn2c(Cn3nnc(-c4ccccc4)n3)n[nH]c2=S)cc1OCC. The molecule has 9 nitrogen and oxygen atoms in total. The Balaban J connectivity index is 1.47. The summed E-state index contributed by atoms with van der Waals surface area (Å²) in [5, 5.41) is 20.0. The summed E-state index contributed by atoms with van der Waals surface area (Å²) in [4.78, 5) is 1.52. The summed E-state index contributed by atoms with van der Waals surface area (Å²) in [5.41, 5.74) is 2.04. The van der Waals surface area contributed by atoms with Gasteiger partial charge in [-0.3, -0.25) is 5.10 Å². The van der Waals surface area contributed by atoms with E-state index in [4.69, 9.17) is 21.7 Å². The lowest BCUT2D eigenvalue weighted by Gasteiger charge is -2.13. The molecule has 0 saturated heterocycles. The minimum absolute atomic E-state index is 0.362. The molecule has 166 valence electrons. The van der Waals surface area contributed by atoms with Gasteiger partial charge in [0.05, 0.1) is 13.2 Å². The average molecular weight is 452 g/mol. The molecule has 0 saturated carbocycles. The van der Waals surface area contributed by atoms with Gasteiger partial charge < -0.3 is 14.0 Å². The molecular formula is C22H25N7O2S. The maximum absolute atomic E-state index is 5.73. The van der Waals surface area contributed by atoms with E-state index in [9.17, 15) is 0 Å². The van der Waals surface area contributed by atoms with Crippen LogP contribution in [-0.2, 0) is 19.5 Å². The number of rotatable bonds is 10. The molecule has 0 amide bonds. The standard InChI is InChI=1S/C22H25N7O2S/c1-3-30-18-11-10-16(14-19(18)31-4-2)12-13-28-20(23-25-22(28)32)15-29-26-21(24-27-29)17-8-6-5-7-9-17/h5-11,14H,3-4,12-13,15H2,1-2H3,(H,25,32). The van der Waals surface area contributed by atoms with Crippen molar-refractivity contribution in [3.63, 3.8) is 0 Å². The first-order valence-corrected chi connectivity index (χ1v) is 10.9. The first-order chi connectivity index (χ1) is 15.7. The fourth-order valence-corrected chi connectivity index (χ4v) is 3.58. The quantitative estimate of drug-likeness (QED) is 0.367. The molecule has 2 aromatic carbocycles. The summed E-state index contributed by atoms with van der Waals surface area (Å²) in [6.07, 6.45) is 0.757. The van der Waals surface area contributed by atoms with Crippen molar-refractivity contribution in [2.45, 2.75) is 33.4 Å². The fourth-order valence-electron chi connectivity index (χ4n) is 3.33. The molecule has 0 radical (unpaired) electrons. The second-order valence-electron chi connectivity index (χ2n) is 7.00. The maximum atomic E-state index is 5.73. The van der Waals surface area contributed by atoms with Gasteiger partial charge in [-0.2, -0.15) is 9.90 Å². The molecule has 1 N–H and O–H groups in total. The van der Waals surface area contributed by atoms with E-state index >= 15 is 0 Å². The van der Waals surface area contributed by atoms with E-state index in [-0.39, 0.29) is 0 Å². The van der Waals surface area contributed by atoms with Crippen LogP contribution in [-0.4, -0.2) is 48.2 Å². The van der Waals surface area contributed by atoms with E-state index in [1.807, 2.05) is 66.9 Å². The molecule has 0 fully saturated rings. The number of tetrazole rings is 1. The third kappa shape index (κ3) is 5.02. The highest BCUT2D eigenvalue weighted by molar-refractivity contribution is 7.71. The summed E-state index contributed by atoms with van der Waals surface area (Å²) in [6, 6.07) is 15.7. The highest BCUT2D eigenvalue weighted by Gasteiger charge is 2.12. The van der Waals surface area contributed by atoms with Gasteiger partial charge in [0.2, 0.25) is 5.82 Å². The van der Waals surface area contributed by atoms with Crippen LogP contribution in [0.2, 0.25) is 0 Å². The van der Waals surface area contributed by atoms with E-state index in [0.717, 1.165) is 34.9 Å². The number of ether oxygens (including phenoxy) is 2. The van der Waals surface area contributed by atoms with E-state index < -0.39 is 0 Å². The van der Waals surface area contributed by atoms with E-state index in [1.165, 1.54) is 4.80 Å². The molecular weight excluding hydrogens is 426 g/mol. The third-order valence-corrected chi connectivity index (χ3v) is 5.15. The lowest BCUT2D eigenvalue weighted by Crippen LogP contribution is -2.12. The summed E-state index contributed by atoms with van der Waals surface area (Å²) in [5.74, 6) is 2.82. The topological polar surface area (TPSA) is 95.7 Å². The van der Waals surface area contributed by atoms with Crippen LogP contribution in [0.4, 0.5) is 0 Å². The van der Waals surface area contributed by atoms with Gasteiger partial charge in [-0.15, -0.1) is 10.2 Å². The lowest BCUT2D eigenvalue weighted by atomic mass is 10.1. The van der Waals surface area contributed by atoms with Crippen LogP contribution in [0.25, 0.3) is 11.4 Å². The van der Waals surface area contributed by atoms with Gasteiger partial charge in [0.15, 0.2) is 22.1 Å². The number of benzene rings is 2. The third-order valence-electron chi connectivity index (χ3n) is 4.84. The fraction of sp³-hybridized carbons (Fsp3) is 0.318. The Morgan fingerprint density at radius 2 is 1.78 bits per heavy atom. The first-order valence-electron chi connectivity index (χ1n) is 10.5. The number of aromatic amines is 1. The second-order valence-corrected chi connectivity index (χ2v) is 7.39. The van der Waals surface area contributed by atoms with Crippen LogP contribution in [0.5, 0.6) is 11.5 Å². The van der Waals surface area contributed by atoms with Crippen molar-refractivity contribution in [1.29, 1.82) is 0 Å². The summed E-state index contributed by atoms with van der Waals surface area (Å²) in [7, 11) is 0. The predicted molar refractivity (Wildman–Crippen MR) is 122 cm³/mol. The van der Waals surface area contributed by atoms with E-state index in [1.54, 1.807) is 0 Å². The molecule has 4 aromatic rings. The number of nitrogens with zero attached hydrogens (tertiary/aromatic N) is 6. The monoisotopic (exact) mass is 451 g/mol. The average Bonchev–Trinajstić information content (AvgIpc) is 3.42. The number of hydrogen-bond donors (Lipinski definition) is 1. The van der Waals surface area contributed by atoms with Gasteiger partial charge in [-0.05, 0) is 55.4 Å². The highest BCUT2D eigenvalue weighted by atomic mass is 32.1. The van der Waals surface area contributed by atoms with Crippen molar-refractivity contribution in [3.8, 4) is 22.9 Å². The molecule has 32 heavy (non-hydrogen) atoms. The summed E-state index contributed by atoms with van der Waals surface area (Å²) < 4.78 is 13.9. The molecule has 10 heteroatoms. The largest absolute Gasteiger partial charge is 0.490 e. The lowest BCUT2D eigenvalue weighted by molar-refractivity contribution is 0.287. The van der Waals surface area contributed by atoms with Gasteiger partial charge in [0, 0.05) is 12.1 Å².